The zero-order valence-electron chi connectivity index (χ0n) is 12.2. The molecule has 0 fully saturated rings. The van der Waals surface area contributed by atoms with Gasteiger partial charge in [-0.25, -0.2) is 9.78 Å². The monoisotopic (exact) mass is 285 g/mol. The van der Waals surface area contributed by atoms with Gasteiger partial charge in [0.2, 0.25) is 0 Å². The van der Waals surface area contributed by atoms with E-state index in [1.54, 1.807) is 12.1 Å². The second kappa shape index (κ2) is 6.88. The summed E-state index contributed by atoms with van der Waals surface area (Å²) in [4.78, 5) is 15.0. The molecular formula is C17H19NO3. The smallest absolute Gasteiger partial charge is 0.354 e. The number of hydrogen-bond donors (Lipinski definition) is 1. The summed E-state index contributed by atoms with van der Waals surface area (Å²) in [6.07, 6.45) is 1.03. The maximum atomic E-state index is 10.9. The van der Waals surface area contributed by atoms with E-state index in [-0.39, 0.29) is 12.3 Å². The van der Waals surface area contributed by atoms with Gasteiger partial charge in [0.25, 0.3) is 0 Å². The van der Waals surface area contributed by atoms with E-state index in [9.17, 15) is 4.79 Å². The molecule has 1 heterocycles. The minimum absolute atomic E-state index is 0.0336. The van der Waals surface area contributed by atoms with Gasteiger partial charge in [0.15, 0.2) is 0 Å². The zero-order valence-corrected chi connectivity index (χ0v) is 12.2. The molecule has 0 radical (unpaired) electrons. The van der Waals surface area contributed by atoms with Crippen molar-refractivity contribution in [3.8, 4) is 5.75 Å². The Labute approximate surface area is 124 Å². The molecule has 2 aromatic rings. The van der Waals surface area contributed by atoms with Crippen LogP contribution < -0.4 is 4.74 Å². The minimum Gasteiger partial charge on any atom is -0.487 e. The van der Waals surface area contributed by atoms with E-state index < -0.39 is 5.97 Å². The number of aromatic nitrogens is 1. The molecule has 0 bridgehead atoms. The summed E-state index contributed by atoms with van der Waals surface area (Å²) in [7, 11) is 0. The molecule has 0 aliphatic carbocycles. The predicted molar refractivity (Wildman–Crippen MR) is 80.7 cm³/mol. The van der Waals surface area contributed by atoms with Crippen molar-refractivity contribution in [3.05, 3.63) is 59.4 Å². The van der Waals surface area contributed by atoms with E-state index >= 15 is 0 Å². The third-order valence-electron chi connectivity index (χ3n) is 3.46. The summed E-state index contributed by atoms with van der Waals surface area (Å²) >= 11 is 0. The third kappa shape index (κ3) is 3.81. The molecule has 0 spiro atoms. The minimum atomic E-state index is -1.03. The number of carboxylic acids is 1. The van der Waals surface area contributed by atoms with Gasteiger partial charge in [-0.15, -0.1) is 0 Å². The Balaban J connectivity index is 2.13. The molecule has 1 N–H and O–H groups in total. The first kappa shape index (κ1) is 15.0. The van der Waals surface area contributed by atoms with Gasteiger partial charge in [-0.3, -0.25) is 0 Å². The predicted octanol–water partition coefficient (Wildman–Crippen LogP) is 3.87. The molecule has 4 nitrogen and oxygen atoms in total. The van der Waals surface area contributed by atoms with E-state index in [1.165, 1.54) is 6.07 Å². The van der Waals surface area contributed by atoms with Crippen LogP contribution in [0.3, 0.4) is 0 Å². The molecule has 1 atom stereocenters. The van der Waals surface area contributed by atoms with Crippen LogP contribution in [0.4, 0.5) is 0 Å². The van der Waals surface area contributed by atoms with Gasteiger partial charge in [-0.2, -0.15) is 0 Å². The number of rotatable bonds is 6. The molecular weight excluding hydrogens is 266 g/mol. The summed E-state index contributed by atoms with van der Waals surface area (Å²) in [5, 5.41) is 8.94. The van der Waals surface area contributed by atoms with Crippen molar-refractivity contribution in [2.75, 3.05) is 0 Å². The molecule has 110 valence electrons. The molecule has 1 aromatic heterocycles. The van der Waals surface area contributed by atoms with Crippen LogP contribution in [0.25, 0.3) is 0 Å². The van der Waals surface area contributed by atoms with E-state index in [0.717, 1.165) is 17.7 Å². The van der Waals surface area contributed by atoms with Crippen molar-refractivity contribution in [2.45, 2.75) is 32.8 Å². The fourth-order valence-electron chi connectivity index (χ4n) is 2.07. The van der Waals surface area contributed by atoms with E-state index in [0.29, 0.717) is 11.6 Å². The van der Waals surface area contributed by atoms with Crippen molar-refractivity contribution >= 4 is 5.97 Å². The van der Waals surface area contributed by atoms with Gasteiger partial charge in [0, 0.05) is 0 Å². The van der Waals surface area contributed by atoms with Crippen LogP contribution >= 0.6 is 0 Å². The highest BCUT2D eigenvalue weighted by Crippen LogP contribution is 2.28. The number of aromatic carboxylic acids is 1. The first-order valence-corrected chi connectivity index (χ1v) is 7.02. The van der Waals surface area contributed by atoms with Crippen LogP contribution in [0.1, 0.15) is 47.9 Å². The number of nitrogens with zero attached hydrogens (tertiary/aromatic N) is 1. The van der Waals surface area contributed by atoms with Gasteiger partial charge < -0.3 is 9.84 Å². The van der Waals surface area contributed by atoms with Crippen LogP contribution in [0.2, 0.25) is 0 Å². The summed E-state index contributed by atoms with van der Waals surface area (Å²) in [5.74, 6) is 0.214. The Bertz CT molecular complexity index is 625. The number of benzene rings is 1. The van der Waals surface area contributed by atoms with Crippen LogP contribution in [0.5, 0.6) is 5.75 Å². The van der Waals surface area contributed by atoms with Crippen molar-refractivity contribution < 1.29 is 14.6 Å². The van der Waals surface area contributed by atoms with E-state index in [2.05, 4.69) is 24.9 Å². The van der Waals surface area contributed by atoms with Crippen molar-refractivity contribution in [1.82, 2.24) is 4.98 Å². The van der Waals surface area contributed by atoms with Crippen molar-refractivity contribution in [2.24, 2.45) is 0 Å². The Morgan fingerprint density at radius 3 is 2.71 bits per heavy atom. The van der Waals surface area contributed by atoms with Crippen LogP contribution in [-0.4, -0.2) is 16.1 Å². The molecule has 0 saturated carbocycles. The maximum absolute atomic E-state index is 10.9. The van der Waals surface area contributed by atoms with Gasteiger partial charge in [0.1, 0.15) is 18.1 Å². The number of para-hydroxylation sites is 1. The molecule has 2 rings (SSSR count). The lowest BCUT2D eigenvalue weighted by Crippen LogP contribution is -2.06. The van der Waals surface area contributed by atoms with Gasteiger partial charge >= 0.3 is 5.97 Å². The maximum Gasteiger partial charge on any atom is 0.354 e. The molecule has 0 aliphatic heterocycles. The van der Waals surface area contributed by atoms with Crippen molar-refractivity contribution in [3.63, 3.8) is 0 Å². The number of carbonyl (C=O) groups is 1. The Kier molecular flexibility index (Phi) is 4.93. The van der Waals surface area contributed by atoms with Gasteiger partial charge in [-0.1, -0.05) is 38.1 Å². The Hall–Kier alpha value is -2.36. The highest BCUT2D eigenvalue weighted by atomic mass is 16.5. The lowest BCUT2D eigenvalue weighted by atomic mass is 9.98. The zero-order chi connectivity index (χ0) is 15.2. The lowest BCUT2D eigenvalue weighted by Gasteiger charge is -2.15. The fourth-order valence-corrected chi connectivity index (χ4v) is 2.07. The highest BCUT2D eigenvalue weighted by molar-refractivity contribution is 5.85. The number of carboxylic acid groups (broad SMARTS) is 1. The first-order valence-electron chi connectivity index (χ1n) is 7.02. The van der Waals surface area contributed by atoms with E-state index in [4.69, 9.17) is 9.84 Å². The van der Waals surface area contributed by atoms with Gasteiger partial charge in [-0.05, 0) is 36.1 Å². The largest absolute Gasteiger partial charge is 0.487 e. The molecule has 0 aliphatic rings. The van der Waals surface area contributed by atoms with Crippen LogP contribution in [0.15, 0.2) is 42.5 Å². The van der Waals surface area contributed by atoms with Crippen LogP contribution in [-0.2, 0) is 6.61 Å². The lowest BCUT2D eigenvalue weighted by molar-refractivity contribution is 0.0690. The average Bonchev–Trinajstić information content (AvgIpc) is 2.52. The molecule has 0 amide bonds. The fraction of sp³-hybridized carbons (Fsp3) is 0.294. The quantitative estimate of drug-likeness (QED) is 0.875. The third-order valence-corrected chi connectivity index (χ3v) is 3.46. The molecule has 21 heavy (non-hydrogen) atoms. The molecule has 1 aromatic carbocycles. The SMILES string of the molecule is CCC(C)c1ccccc1OCc1cccc(C(=O)O)n1. The summed E-state index contributed by atoms with van der Waals surface area (Å²) < 4.78 is 5.83. The van der Waals surface area contributed by atoms with E-state index in [1.807, 2.05) is 18.2 Å². The number of ether oxygens (including phenoxy) is 1. The van der Waals surface area contributed by atoms with Crippen molar-refractivity contribution in [1.29, 1.82) is 0 Å². The summed E-state index contributed by atoms with van der Waals surface area (Å²) in [5.41, 5.74) is 1.80. The topological polar surface area (TPSA) is 59.4 Å². The second-order valence-electron chi connectivity index (χ2n) is 4.96. The summed E-state index contributed by atoms with van der Waals surface area (Å²) in [6, 6.07) is 12.8. The Morgan fingerprint density at radius 2 is 2.00 bits per heavy atom. The standard InChI is InChI=1S/C17H19NO3/c1-3-12(2)14-8-4-5-10-16(14)21-11-13-7-6-9-15(18-13)17(19)20/h4-10,12H,3,11H2,1-2H3,(H,19,20). The molecule has 0 saturated heterocycles. The van der Waals surface area contributed by atoms with Crippen LogP contribution in [0, 0.1) is 0 Å². The average molecular weight is 285 g/mol. The Morgan fingerprint density at radius 1 is 1.24 bits per heavy atom. The first-order chi connectivity index (χ1) is 10.1. The number of hydrogen-bond acceptors (Lipinski definition) is 3. The molecule has 4 heteroatoms. The number of pyridine rings is 1. The highest BCUT2D eigenvalue weighted by Gasteiger charge is 2.10. The van der Waals surface area contributed by atoms with Gasteiger partial charge in [0.05, 0.1) is 5.69 Å². The normalized spacial score (nSPS) is 11.9. The summed E-state index contributed by atoms with van der Waals surface area (Å²) in [6.45, 7) is 4.55. The molecule has 1 unspecified atom stereocenters. The second-order valence-corrected chi connectivity index (χ2v) is 4.96.